The van der Waals surface area contributed by atoms with Crippen LogP contribution in [0.3, 0.4) is 0 Å². The van der Waals surface area contributed by atoms with Crippen LogP contribution in [0.5, 0.6) is 0 Å². The van der Waals surface area contributed by atoms with E-state index in [2.05, 4.69) is 17.1 Å². The highest BCUT2D eigenvalue weighted by molar-refractivity contribution is 5.77. The van der Waals surface area contributed by atoms with Gasteiger partial charge < -0.3 is 10.0 Å². The van der Waals surface area contributed by atoms with Crippen molar-refractivity contribution in [1.82, 2.24) is 9.88 Å². The van der Waals surface area contributed by atoms with E-state index in [4.69, 9.17) is 0 Å². The van der Waals surface area contributed by atoms with E-state index in [0.717, 1.165) is 57.3 Å². The number of amides is 1. The molecule has 1 aliphatic carbocycles. The van der Waals surface area contributed by atoms with Gasteiger partial charge in [-0.3, -0.25) is 9.78 Å². The molecule has 132 valence electrons. The van der Waals surface area contributed by atoms with Gasteiger partial charge in [-0.2, -0.15) is 0 Å². The third-order valence-electron chi connectivity index (χ3n) is 5.63. The summed E-state index contributed by atoms with van der Waals surface area (Å²) in [4.78, 5) is 19.0. The maximum absolute atomic E-state index is 12.7. The van der Waals surface area contributed by atoms with Gasteiger partial charge >= 0.3 is 0 Å². The van der Waals surface area contributed by atoms with Crippen molar-refractivity contribution in [2.45, 2.75) is 70.3 Å². The Bertz CT molecular complexity index is 549. The summed E-state index contributed by atoms with van der Waals surface area (Å²) in [5, 5.41) is 10.6. The Morgan fingerprint density at radius 2 is 2.08 bits per heavy atom. The molecule has 4 nitrogen and oxygen atoms in total. The van der Waals surface area contributed by atoms with Gasteiger partial charge in [0.05, 0.1) is 12.0 Å². The van der Waals surface area contributed by atoms with E-state index in [9.17, 15) is 9.90 Å². The van der Waals surface area contributed by atoms with Crippen molar-refractivity contribution in [3.05, 3.63) is 29.6 Å². The second kappa shape index (κ2) is 7.64. The van der Waals surface area contributed by atoms with Crippen LogP contribution < -0.4 is 0 Å². The summed E-state index contributed by atoms with van der Waals surface area (Å²) in [6, 6.07) is 4.20. The van der Waals surface area contributed by atoms with Gasteiger partial charge in [-0.1, -0.05) is 25.3 Å². The summed E-state index contributed by atoms with van der Waals surface area (Å²) in [6.45, 7) is 3.67. The number of nitrogens with zero attached hydrogens (tertiary/aromatic N) is 2. The number of carbonyl (C=O) groups is 1. The summed E-state index contributed by atoms with van der Waals surface area (Å²) in [5.41, 5.74) is 1.55. The molecule has 0 radical (unpaired) electrons. The van der Waals surface area contributed by atoms with Gasteiger partial charge in [-0.15, -0.1) is 0 Å². The fraction of sp³-hybridized carbons (Fsp3) is 0.700. The minimum Gasteiger partial charge on any atom is -0.389 e. The molecule has 1 N–H and O–H groups in total. The van der Waals surface area contributed by atoms with Crippen LogP contribution in [0.2, 0.25) is 0 Å². The smallest absolute Gasteiger partial charge is 0.225 e. The van der Waals surface area contributed by atoms with E-state index in [-0.39, 0.29) is 5.91 Å². The second-order valence-corrected chi connectivity index (χ2v) is 7.82. The van der Waals surface area contributed by atoms with Crippen LogP contribution in [0.4, 0.5) is 0 Å². The Morgan fingerprint density at radius 3 is 2.79 bits per heavy atom. The molecule has 1 aromatic heterocycles. The van der Waals surface area contributed by atoms with E-state index >= 15 is 0 Å². The number of aromatic nitrogens is 1. The Balaban J connectivity index is 1.54. The molecule has 1 aliphatic heterocycles. The zero-order valence-corrected chi connectivity index (χ0v) is 14.8. The average molecular weight is 330 g/mol. The molecule has 0 aromatic carbocycles. The van der Waals surface area contributed by atoms with Crippen molar-refractivity contribution in [3.8, 4) is 0 Å². The molecule has 2 fully saturated rings. The van der Waals surface area contributed by atoms with E-state index in [1.807, 2.05) is 18.0 Å². The molecular formula is C20H30N2O2. The van der Waals surface area contributed by atoms with Crippen molar-refractivity contribution in [2.75, 3.05) is 13.1 Å². The molecule has 2 heterocycles. The highest BCUT2D eigenvalue weighted by Crippen LogP contribution is 2.32. The highest BCUT2D eigenvalue weighted by atomic mass is 16.3. The lowest BCUT2D eigenvalue weighted by molar-refractivity contribution is -0.139. The van der Waals surface area contributed by atoms with E-state index in [0.29, 0.717) is 12.3 Å². The molecule has 0 spiro atoms. The van der Waals surface area contributed by atoms with Crippen LogP contribution in [0.15, 0.2) is 18.3 Å². The van der Waals surface area contributed by atoms with Crippen molar-refractivity contribution in [2.24, 2.45) is 5.92 Å². The van der Waals surface area contributed by atoms with Gasteiger partial charge in [-0.05, 0) is 56.6 Å². The molecule has 24 heavy (non-hydrogen) atoms. The fourth-order valence-electron chi connectivity index (χ4n) is 4.19. The van der Waals surface area contributed by atoms with Crippen molar-refractivity contribution in [1.29, 1.82) is 0 Å². The molecular weight excluding hydrogens is 300 g/mol. The molecule has 3 rings (SSSR count). The third-order valence-corrected chi connectivity index (χ3v) is 5.63. The van der Waals surface area contributed by atoms with Crippen molar-refractivity contribution < 1.29 is 9.90 Å². The summed E-state index contributed by atoms with van der Waals surface area (Å²) in [7, 11) is 0. The van der Waals surface area contributed by atoms with Crippen LogP contribution in [0.25, 0.3) is 0 Å². The van der Waals surface area contributed by atoms with Crippen LogP contribution >= 0.6 is 0 Å². The lowest BCUT2D eigenvalue weighted by Crippen LogP contribution is -2.45. The first-order valence-electron chi connectivity index (χ1n) is 9.46. The summed E-state index contributed by atoms with van der Waals surface area (Å²) in [5.74, 6) is 0.652. The predicted octanol–water partition coefficient (Wildman–Crippen LogP) is 3.26. The number of piperidine rings is 1. The zero-order chi connectivity index (χ0) is 17.0. The Morgan fingerprint density at radius 1 is 1.29 bits per heavy atom. The largest absolute Gasteiger partial charge is 0.389 e. The maximum atomic E-state index is 12.7. The van der Waals surface area contributed by atoms with Crippen LogP contribution in [0.1, 0.15) is 62.6 Å². The minimum absolute atomic E-state index is 0.145. The molecule has 1 amide bonds. The normalized spacial score (nSPS) is 23.9. The monoisotopic (exact) mass is 330 g/mol. The van der Waals surface area contributed by atoms with E-state index in [1.54, 1.807) is 0 Å². The minimum atomic E-state index is -0.747. The van der Waals surface area contributed by atoms with Crippen molar-refractivity contribution in [3.63, 3.8) is 0 Å². The van der Waals surface area contributed by atoms with Gasteiger partial charge in [0.25, 0.3) is 0 Å². The summed E-state index contributed by atoms with van der Waals surface area (Å²) < 4.78 is 0. The molecule has 4 heteroatoms. The lowest BCUT2D eigenvalue weighted by Gasteiger charge is -2.37. The quantitative estimate of drug-likeness (QED) is 0.922. The second-order valence-electron chi connectivity index (χ2n) is 7.82. The number of pyridine rings is 1. The first-order chi connectivity index (χ1) is 11.5. The molecule has 1 atom stereocenters. The lowest BCUT2D eigenvalue weighted by atomic mass is 9.82. The number of hydrogen-bond donors (Lipinski definition) is 1. The first kappa shape index (κ1) is 17.4. The predicted molar refractivity (Wildman–Crippen MR) is 94.6 cm³/mol. The summed E-state index contributed by atoms with van der Waals surface area (Å²) in [6.07, 6.45) is 10.3. The van der Waals surface area contributed by atoms with Gasteiger partial charge in [-0.25, -0.2) is 0 Å². The van der Waals surface area contributed by atoms with Gasteiger partial charge in [0.15, 0.2) is 0 Å². The molecule has 1 saturated carbocycles. The number of aryl methyl sites for hydroxylation is 1. The van der Waals surface area contributed by atoms with E-state index in [1.165, 1.54) is 18.4 Å². The summed E-state index contributed by atoms with van der Waals surface area (Å²) >= 11 is 0. The van der Waals surface area contributed by atoms with Crippen LogP contribution in [-0.4, -0.2) is 39.6 Å². The molecule has 1 saturated heterocycles. The maximum Gasteiger partial charge on any atom is 0.225 e. The zero-order valence-electron chi connectivity index (χ0n) is 14.8. The topological polar surface area (TPSA) is 53.4 Å². The van der Waals surface area contributed by atoms with Gasteiger partial charge in [0, 0.05) is 25.0 Å². The SMILES string of the molecule is Cc1ccc(C[C@@H]2CCCN(C(=O)CC3(O)CCCCC3)C2)cn1. The standard InChI is InChI=1S/C20H30N2O2/c1-16-7-8-17(14-21-16)12-18-6-5-11-22(15-18)19(23)13-20(24)9-3-2-4-10-20/h7-8,14,18,24H,2-6,9-13,15H2,1H3/t18-/m0/s1. The van der Waals surface area contributed by atoms with Crippen LogP contribution in [0, 0.1) is 12.8 Å². The number of hydrogen-bond acceptors (Lipinski definition) is 3. The Kier molecular flexibility index (Phi) is 5.54. The number of likely N-dealkylation sites (tertiary alicyclic amines) is 1. The van der Waals surface area contributed by atoms with E-state index < -0.39 is 5.60 Å². The van der Waals surface area contributed by atoms with Gasteiger partial charge in [0.1, 0.15) is 0 Å². The third kappa shape index (κ3) is 4.56. The molecule has 0 bridgehead atoms. The highest BCUT2D eigenvalue weighted by Gasteiger charge is 2.34. The molecule has 1 aromatic rings. The number of rotatable bonds is 4. The van der Waals surface area contributed by atoms with Crippen LogP contribution in [-0.2, 0) is 11.2 Å². The Labute approximate surface area is 145 Å². The first-order valence-corrected chi connectivity index (χ1v) is 9.46. The van der Waals surface area contributed by atoms with Crippen molar-refractivity contribution >= 4 is 5.91 Å². The molecule has 0 unspecified atom stereocenters. The fourth-order valence-corrected chi connectivity index (χ4v) is 4.19. The van der Waals surface area contributed by atoms with Gasteiger partial charge in [0.2, 0.25) is 5.91 Å². The Hall–Kier alpha value is -1.42. The number of carbonyl (C=O) groups excluding carboxylic acids is 1. The molecule has 2 aliphatic rings. The number of aliphatic hydroxyl groups is 1. The average Bonchev–Trinajstić information content (AvgIpc) is 2.57.